The van der Waals surface area contributed by atoms with E-state index in [0.717, 1.165) is 30.8 Å². The van der Waals surface area contributed by atoms with Gasteiger partial charge in [0.15, 0.2) is 0 Å². The molecule has 1 spiro atoms. The molecule has 2 aliphatic rings. The Morgan fingerprint density at radius 3 is 2.93 bits per heavy atom. The molecule has 2 fully saturated rings. The van der Waals surface area contributed by atoms with Gasteiger partial charge in [0.2, 0.25) is 0 Å². The molecule has 2 rings (SSSR count). The van der Waals surface area contributed by atoms with Crippen LogP contribution in [0.3, 0.4) is 0 Å². The highest BCUT2D eigenvalue weighted by atomic mass is 32.2. The minimum Gasteiger partial charge on any atom is -0.322 e. The first-order chi connectivity index (χ1) is 7.19. The number of carbonyl (C=O) groups excluding carboxylic acids is 2. The van der Waals surface area contributed by atoms with Gasteiger partial charge in [-0.3, -0.25) is 9.69 Å². The third kappa shape index (κ3) is 1.73. The molecule has 4 nitrogen and oxygen atoms in total. The van der Waals surface area contributed by atoms with Crippen LogP contribution >= 0.6 is 11.8 Å². The molecular weight excluding hydrogens is 212 g/mol. The summed E-state index contributed by atoms with van der Waals surface area (Å²) in [5, 5.41) is 2.85. The fraction of sp³-hybridized carbons (Fsp3) is 0.800. The van der Waals surface area contributed by atoms with Crippen molar-refractivity contribution < 1.29 is 9.59 Å². The zero-order chi connectivity index (χ0) is 10.9. The fourth-order valence-corrected chi connectivity index (χ4v) is 3.35. The molecule has 0 aromatic carbocycles. The molecule has 1 atom stereocenters. The van der Waals surface area contributed by atoms with Crippen molar-refractivity contribution in [3.63, 3.8) is 0 Å². The molecule has 0 aliphatic carbocycles. The lowest BCUT2D eigenvalue weighted by atomic mass is 9.99. The largest absolute Gasteiger partial charge is 0.325 e. The predicted molar refractivity (Wildman–Crippen MR) is 59.8 cm³/mol. The maximum Gasteiger partial charge on any atom is 0.325 e. The van der Waals surface area contributed by atoms with Gasteiger partial charge in [-0.15, -0.1) is 0 Å². The van der Waals surface area contributed by atoms with Gasteiger partial charge in [-0.2, -0.15) is 11.8 Å². The number of amides is 3. The number of nitrogens with zero attached hydrogens (tertiary/aromatic N) is 1. The van der Waals surface area contributed by atoms with Crippen molar-refractivity contribution in [3.05, 3.63) is 0 Å². The quantitative estimate of drug-likeness (QED) is 0.739. The lowest BCUT2D eigenvalue weighted by Crippen LogP contribution is -2.47. The number of urea groups is 1. The molecule has 0 radical (unpaired) electrons. The van der Waals surface area contributed by atoms with Gasteiger partial charge in [0.25, 0.3) is 5.91 Å². The van der Waals surface area contributed by atoms with E-state index < -0.39 is 5.54 Å². The summed E-state index contributed by atoms with van der Waals surface area (Å²) >= 11 is 1.74. The zero-order valence-electron chi connectivity index (χ0n) is 8.91. The van der Waals surface area contributed by atoms with Crippen LogP contribution in [0.1, 0.15) is 26.2 Å². The van der Waals surface area contributed by atoms with Crippen LogP contribution in [0.25, 0.3) is 0 Å². The van der Waals surface area contributed by atoms with Gasteiger partial charge in [-0.25, -0.2) is 4.79 Å². The van der Waals surface area contributed by atoms with Crippen molar-refractivity contribution in [2.24, 2.45) is 0 Å². The van der Waals surface area contributed by atoms with Gasteiger partial charge < -0.3 is 5.32 Å². The minimum absolute atomic E-state index is 0.00838. The molecule has 2 saturated heterocycles. The van der Waals surface area contributed by atoms with Gasteiger partial charge in [0.1, 0.15) is 5.54 Å². The topological polar surface area (TPSA) is 49.4 Å². The molecule has 2 heterocycles. The second-order valence-corrected chi connectivity index (χ2v) is 5.23. The number of rotatable bonds is 3. The minimum atomic E-state index is -0.560. The number of unbranched alkanes of at least 4 members (excludes halogenated alkanes) is 1. The Morgan fingerprint density at radius 2 is 2.33 bits per heavy atom. The molecule has 3 amide bonds. The van der Waals surface area contributed by atoms with Crippen LogP contribution in [0.4, 0.5) is 4.79 Å². The molecule has 84 valence electrons. The Kier molecular flexibility index (Phi) is 2.91. The van der Waals surface area contributed by atoms with E-state index in [4.69, 9.17) is 0 Å². The monoisotopic (exact) mass is 228 g/mol. The number of thioether (sulfide) groups is 1. The molecule has 5 heteroatoms. The first-order valence-corrected chi connectivity index (χ1v) is 6.57. The summed E-state index contributed by atoms with van der Waals surface area (Å²) in [4.78, 5) is 25.1. The highest BCUT2D eigenvalue weighted by molar-refractivity contribution is 7.99. The van der Waals surface area contributed by atoms with E-state index in [0.29, 0.717) is 6.54 Å². The number of imide groups is 1. The summed E-state index contributed by atoms with van der Waals surface area (Å²) in [5.41, 5.74) is -0.560. The normalized spacial score (nSPS) is 30.3. The van der Waals surface area contributed by atoms with Crippen LogP contribution in [0.2, 0.25) is 0 Å². The van der Waals surface area contributed by atoms with E-state index in [9.17, 15) is 9.59 Å². The van der Waals surface area contributed by atoms with Gasteiger partial charge in [-0.1, -0.05) is 13.3 Å². The van der Waals surface area contributed by atoms with Crippen LogP contribution in [0.15, 0.2) is 0 Å². The van der Waals surface area contributed by atoms with Crippen molar-refractivity contribution in [1.82, 2.24) is 10.2 Å². The lowest BCUT2D eigenvalue weighted by Gasteiger charge is -2.19. The SMILES string of the molecule is CCCCN1C(=O)NC2(CCSC2)C1=O. The summed E-state index contributed by atoms with van der Waals surface area (Å²) in [7, 11) is 0. The maximum atomic E-state index is 12.1. The lowest BCUT2D eigenvalue weighted by molar-refractivity contribution is -0.130. The van der Waals surface area contributed by atoms with Crippen molar-refractivity contribution in [2.45, 2.75) is 31.7 Å². The first kappa shape index (κ1) is 10.8. The molecule has 0 bridgehead atoms. The number of nitrogens with one attached hydrogen (secondary N) is 1. The summed E-state index contributed by atoms with van der Waals surface area (Å²) in [6.45, 7) is 2.62. The Bertz CT molecular complexity index is 287. The average Bonchev–Trinajstić information content (AvgIpc) is 2.75. The molecular formula is C10H16N2O2S. The van der Waals surface area contributed by atoms with Gasteiger partial charge in [-0.05, 0) is 18.6 Å². The average molecular weight is 228 g/mol. The molecule has 0 saturated carbocycles. The van der Waals surface area contributed by atoms with Crippen LogP contribution in [-0.2, 0) is 4.79 Å². The van der Waals surface area contributed by atoms with Crippen LogP contribution in [0.5, 0.6) is 0 Å². The van der Waals surface area contributed by atoms with Crippen molar-refractivity contribution >= 4 is 23.7 Å². The van der Waals surface area contributed by atoms with Crippen molar-refractivity contribution in [3.8, 4) is 0 Å². The van der Waals surface area contributed by atoms with Gasteiger partial charge >= 0.3 is 6.03 Å². The van der Waals surface area contributed by atoms with E-state index in [1.54, 1.807) is 11.8 Å². The van der Waals surface area contributed by atoms with Crippen molar-refractivity contribution in [2.75, 3.05) is 18.1 Å². The Labute approximate surface area is 93.8 Å². The zero-order valence-corrected chi connectivity index (χ0v) is 9.73. The van der Waals surface area contributed by atoms with Crippen LogP contribution < -0.4 is 5.32 Å². The van der Waals surface area contributed by atoms with Gasteiger partial charge in [0, 0.05) is 12.3 Å². The second-order valence-electron chi connectivity index (χ2n) is 4.13. The molecule has 1 unspecified atom stereocenters. The van der Waals surface area contributed by atoms with E-state index >= 15 is 0 Å². The number of hydrogen-bond acceptors (Lipinski definition) is 3. The maximum absolute atomic E-state index is 12.1. The highest BCUT2D eigenvalue weighted by Crippen LogP contribution is 2.33. The highest BCUT2D eigenvalue weighted by Gasteiger charge is 2.52. The number of hydrogen-bond donors (Lipinski definition) is 1. The molecule has 0 aromatic rings. The standard InChI is InChI=1S/C10H16N2O2S/c1-2-3-5-12-8(13)10(11-9(12)14)4-6-15-7-10/h2-7H2,1H3,(H,11,14). The summed E-state index contributed by atoms with van der Waals surface area (Å²) < 4.78 is 0. The molecule has 1 N–H and O–H groups in total. The smallest absolute Gasteiger partial charge is 0.322 e. The van der Waals surface area contributed by atoms with E-state index in [2.05, 4.69) is 12.2 Å². The third-order valence-corrected chi connectivity index (χ3v) is 4.19. The Balaban J connectivity index is 2.08. The Hall–Kier alpha value is -0.710. The van der Waals surface area contributed by atoms with E-state index in [1.807, 2.05) is 0 Å². The van der Waals surface area contributed by atoms with Crippen LogP contribution in [0, 0.1) is 0 Å². The number of carbonyl (C=O) groups is 2. The molecule has 15 heavy (non-hydrogen) atoms. The fourth-order valence-electron chi connectivity index (χ4n) is 2.03. The summed E-state index contributed by atoms with van der Waals surface area (Å²) in [5.74, 6) is 1.69. The van der Waals surface area contributed by atoms with Crippen LogP contribution in [-0.4, -0.2) is 40.4 Å². The van der Waals surface area contributed by atoms with Crippen molar-refractivity contribution in [1.29, 1.82) is 0 Å². The second kappa shape index (κ2) is 4.04. The molecule has 2 aliphatic heterocycles. The first-order valence-electron chi connectivity index (χ1n) is 5.41. The van der Waals surface area contributed by atoms with Gasteiger partial charge in [0.05, 0.1) is 0 Å². The Morgan fingerprint density at radius 1 is 1.53 bits per heavy atom. The third-order valence-electron chi connectivity index (χ3n) is 3.00. The predicted octanol–water partition coefficient (Wildman–Crippen LogP) is 1.21. The summed E-state index contributed by atoms with van der Waals surface area (Å²) in [6.07, 6.45) is 2.67. The van der Waals surface area contributed by atoms with E-state index in [1.165, 1.54) is 4.90 Å². The van der Waals surface area contributed by atoms with E-state index in [-0.39, 0.29) is 11.9 Å². The molecule has 0 aromatic heterocycles. The summed E-state index contributed by atoms with van der Waals surface area (Å²) in [6, 6.07) is -0.198.